The molecule has 2 aromatic rings. The quantitative estimate of drug-likeness (QED) is 0.482. The predicted molar refractivity (Wildman–Crippen MR) is 68.5 cm³/mol. The van der Waals surface area contributed by atoms with Gasteiger partial charge in [0.25, 0.3) is 0 Å². The Hall–Kier alpha value is -0.000000000000000111. The molecule has 1 heterocycles. The number of nitrogen functional groups attached to an aromatic ring is 1. The zero-order valence-electron chi connectivity index (χ0n) is 6.68. The molecule has 0 spiro atoms. The number of anilines is 1. The molecule has 0 saturated carbocycles. The largest absolute Gasteiger partial charge is 0.399 e. The van der Waals surface area contributed by atoms with E-state index in [9.17, 15) is 0 Å². The van der Waals surface area contributed by atoms with Crippen LogP contribution in [0.25, 0.3) is 10.1 Å². The Bertz CT molecular complexity index is 452. The zero-order chi connectivity index (χ0) is 9.42. The molecule has 68 valence electrons. The standard InChI is InChI=1S/C9H7ClINS/c10-3-5-4-13-8-2-6(12)1-7(11)9(5)8/h1-2,4H,3,12H2. The normalized spacial score (nSPS) is 10.9. The van der Waals surface area contributed by atoms with E-state index >= 15 is 0 Å². The van der Waals surface area contributed by atoms with Crippen LogP contribution in [-0.2, 0) is 5.88 Å². The lowest BCUT2D eigenvalue weighted by molar-refractivity contribution is 1.49. The van der Waals surface area contributed by atoms with Gasteiger partial charge in [0.15, 0.2) is 0 Å². The van der Waals surface area contributed by atoms with Crippen LogP contribution in [0.3, 0.4) is 0 Å². The molecule has 13 heavy (non-hydrogen) atoms. The molecule has 4 heteroatoms. The number of thiophene rings is 1. The fourth-order valence-electron chi connectivity index (χ4n) is 1.30. The first-order valence-electron chi connectivity index (χ1n) is 3.73. The van der Waals surface area contributed by atoms with Crippen LogP contribution in [0.4, 0.5) is 5.69 Å². The number of fused-ring (bicyclic) bond motifs is 1. The molecule has 0 atom stereocenters. The minimum atomic E-state index is 0.569. The highest BCUT2D eigenvalue weighted by Crippen LogP contribution is 2.32. The Morgan fingerprint density at radius 2 is 2.23 bits per heavy atom. The number of nitrogens with two attached hydrogens (primary N) is 1. The maximum atomic E-state index is 5.83. The first kappa shape index (κ1) is 9.55. The average molecular weight is 324 g/mol. The van der Waals surface area contributed by atoms with Gasteiger partial charge in [-0.2, -0.15) is 0 Å². The highest BCUT2D eigenvalue weighted by atomic mass is 127. The summed E-state index contributed by atoms with van der Waals surface area (Å²) < 4.78 is 2.41. The van der Waals surface area contributed by atoms with Crippen LogP contribution in [0.1, 0.15) is 5.56 Å². The Labute approximate surface area is 99.0 Å². The van der Waals surface area contributed by atoms with E-state index in [1.54, 1.807) is 11.3 Å². The Morgan fingerprint density at radius 3 is 2.92 bits per heavy atom. The lowest BCUT2D eigenvalue weighted by atomic mass is 10.2. The van der Waals surface area contributed by atoms with E-state index in [-0.39, 0.29) is 0 Å². The van der Waals surface area contributed by atoms with Gasteiger partial charge in [-0.25, -0.2) is 0 Å². The summed E-state index contributed by atoms with van der Waals surface area (Å²) in [6.07, 6.45) is 0. The highest BCUT2D eigenvalue weighted by molar-refractivity contribution is 14.1. The molecule has 0 amide bonds. The Morgan fingerprint density at radius 1 is 1.46 bits per heavy atom. The summed E-state index contributed by atoms with van der Waals surface area (Å²) in [6.45, 7) is 0. The first-order chi connectivity index (χ1) is 6.22. The van der Waals surface area contributed by atoms with Crippen LogP contribution in [0.15, 0.2) is 17.5 Å². The van der Waals surface area contributed by atoms with E-state index in [0.717, 1.165) is 5.69 Å². The second-order valence-corrected chi connectivity index (χ2v) is 5.11. The molecule has 0 unspecified atom stereocenters. The van der Waals surface area contributed by atoms with Gasteiger partial charge in [0.05, 0.1) is 0 Å². The molecule has 0 saturated heterocycles. The summed E-state index contributed by atoms with van der Waals surface area (Å²) in [7, 11) is 0. The fourth-order valence-corrected chi connectivity index (χ4v) is 3.81. The second kappa shape index (κ2) is 3.63. The van der Waals surface area contributed by atoms with Gasteiger partial charge >= 0.3 is 0 Å². The van der Waals surface area contributed by atoms with Crippen molar-refractivity contribution in [3.8, 4) is 0 Å². The van der Waals surface area contributed by atoms with Crippen molar-refractivity contribution in [2.45, 2.75) is 5.88 Å². The van der Waals surface area contributed by atoms with E-state index in [1.807, 2.05) is 12.1 Å². The summed E-state index contributed by atoms with van der Waals surface area (Å²) in [5.41, 5.74) is 7.76. The van der Waals surface area contributed by atoms with Gasteiger partial charge in [-0.3, -0.25) is 0 Å². The second-order valence-electron chi connectivity index (χ2n) is 2.77. The van der Waals surface area contributed by atoms with Crippen molar-refractivity contribution in [1.82, 2.24) is 0 Å². The van der Waals surface area contributed by atoms with Crippen molar-refractivity contribution in [3.63, 3.8) is 0 Å². The molecular formula is C9H7ClINS. The third kappa shape index (κ3) is 1.65. The first-order valence-corrected chi connectivity index (χ1v) is 6.22. The summed E-state index contributed by atoms with van der Waals surface area (Å²) >= 11 is 9.83. The van der Waals surface area contributed by atoms with E-state index in [0.29, 0.717) is 5.88 Å². The Balaban J connectivity index is 2.82. The van der Waals surface area contributed by atoms with Crippen LogP contribution in [0.5, 0.6) is 0 Å². The molecule has 1 aromatic carbocycles. The van der Waals surface area contributed by atoms with Gasteiger partial charge in [-0.05, 0) is 45.7 Å². The van der Waals surface area contributed by atoms with Crippen LogP contribution < -0.4 is 5.73 Å². The van der Waals surface area contributed by atoms with Gasteiger partial charge in [-0.1, -0.05) is 0 Å². The van der Waals surface area contributed by atoms with Crippen LogP contribution in [-0.4, -0.2) is 0 Å². The smallest absolute Gasteiger partial charge is 0.0488 e. The Kier molecular flexibility index (Phi) is 2.67. The SMILES string of the molecule is Nc1cc(I)c2c(CCl)csc2c1. The van der Waals surface area contributed by atoms with Crippen molar-refractivity contribution < 1.29 is 0 Å². The van der Waals surface area contributed by atoms with Crippen LogP contribution in [0, 0.1) is 3.57 Å². The predicted octanol–water partition coefficient (Wildman–Crippen LogP) is 3.83. The molecule has 0 radical (unpaired) electrons. The molecule has 0 aliphatic rings. The maximum absolute atomic E-state index is 5.83. The third-order valence-electron chi connectivity index (χ3n) is 1.87. The van der Waals surface area contributed by atoms with Crippen molar-refractivity contribution >= 4 is 61.3 Å². The average Bonchev–Trinajstić information content (AvgIpc) is 2.47. The van der Waals surface area contributed by atoms with Crippen molar-refractivity contribution in [3.05, 3.63) is 26.6 Å². The molecule has 0 aliphatic heterocycles. The molecular weight excluding hydrogens is 317 g/mol. The van der Waals surface area contributed by atoms with Crippen molar-refractivity contribution in [2.24, 2.45) is 0 Å². The number of halogens is 2. The number of benzene rings is 1. The third-order valence-corrected chi connectivity index (χ3v) is 3.99. The molecule has 0 bridgehead atoms. The minimum Gasteiger partial charge on any atom is -0.399 e. The van der Waals surface area contributed by atoms with Gasteiger partial charge < -0.3 is 5.73 Å². The number of hydrogen-bond acceptors (Lipinski definition) is 2. The molecule has 0 fully saturated rings. The highest BCUT2D eigenvalue weighted by Gasteiger charge is 2.07. The summed E-state index contributed by atoms with van der Waals surface area (Å²) in [5, 5.41) is 3.36. The zero-order valence-corrected chi connectivity index (χ0v) is 10.4. The number of rotatable bonds is 1. The number of hydrogen-bond donors (Lipinski definition) is 1. The summed E-state index contributed by atoms with van der Waals surface area (Å²) in [5.74, 6) is 0.569. The molecule has 1 aromatic heterocycles. The molecule has 0 aliphatic carbocycles. The fraction of sp³-hybridized carbons (Fsp3) is 0.111. The van der Waals surface area contributed by atoms with Gasteiger partial charge in [0, 0.05) is 25.2 Å². The van der Waals surface area contributed by atoms with Crippen LogP contribution >= 0.6 is 45.5 Å². The van der Waals surface area contributed by atoms with E-state index < -0.39 is 0 Å². The molecule has 1 nitrogen and oxygen atoms in total. The van der Waals surface area contributed by atoms with E-state index in [1.165, 1.54) is 19.2 Å². The summed E-state index contributed by atoms with van der Waals surface area (Å²) in [4.78, 5) is 0. The van der Waals surface area contributed by atoms with Gasteiger partial charge in [-0.15, -0.1) is 22.9 Å². The lowest BCUT2D eigenvalue weighted by Crippen LogP contribution is -1.86. The minimum absolute atomic E-state index is 0.569. The van der Waals surface area contributed by atoms with Gasteiger partial charge in [0.1, 0.15) is 0 Å². The molecule has 2 N–H and O–H groups in total. The lowest BCUT2D eigenvalue weighted by Gasteiger charge is -1.99. The molecule has 2 rings (SSSR count). The maximum Gasteiger partial charge on any atom is 0.0488 e. The monoisotopic (exact) mass is 323 g/mol. The topological polar surface area (TPSA) is 26.0 Å². The van der Waals surface area contributed by atoms with E-state index in [2.05, 4.69) is 28.0 Å². The number of alkyl halides is 1. The summed E-state index contributed by atoms with van der Waals surface area (Å²) in [6, 6.07) is 3.98. The van der Waals surface area contributed by atoms with Gasteiger partial charge in [0.2, 0.25) is 0 Å². The van der Waals surface area contributed by atoms with Crippen LogP contribution in [0.2, 0.25) is 0 Å². The van der Waals surface area contributed by atoms with Crippen molar-refractivity contribution in [1.29, 1.82) is 0 Å². The van der Waals surface area contributed by atoms with E-state index in [4.69, 9.17) is 17.3 Å². The van der Waals surface area contributed by atoms with Crippen molar-refractivity contribution in [2.75, 3.05) is 5.73 Å².